The monoisotopic (exact) mass is 677 g/mol. The third-order valence-corrected chi connectivity index (χ3v) is 10.5. The summed E-state index contributed by atoms with van der Waals surface area (Å²) < 4.78 is 0. The molecule has 0 saturated carbocycles. The molecule has 0 atom stereocenters. The predicted octanol–water partition coefficient (Wildman–Crippen LogP) is 12.7. The first-order chi connectivity index (χ1) is 25.9. The summed E-state index contributed by atoms with van der Waals surface area (Å²) in [6.45, 7) is 4.51. The number of hydrogen-bond donors (Lipinski definition) is 0. The molecule has 7 aromatic carbocycles. The quantitative estimate of drug-likeness (QED) is 0.176. The molecule has 1 heterocycles. The second-order valence-corrected chi connectivity index (χ2v) is 14.2. The molecular formula is C50H35N3. The molecule has 8 aromatic rings. The van der Waals surface area contributed by atoms with Crippen molar-refractivity contribution >= 4 is 0 Å². The topological polar surface area (TPSA) is 49.6 Å². The number of nitriles is 1. The van der Waals surface area contributed by atoms with Crippen molar-refractivity contribution in [2.24, 2.45) is 0 Å². The highest BCUT2D eigenvalue weighted by Gasteiger charge is 2.36. The summed E-state index contributed by atoms with van der Waals surface area (Å²) in [6, 6.07) is 63.9. The SMILES string of the molecule is CC1(C)c2cc(C#N)ccc2-c2ccc(-c3cc(-c4ccccc4)cc(-c4nc(-c5ccccc5)cc(-c5cccc(-c6ccccc6)c5)n4)c3)cc21. The van der Waals surface area contributed by atoms with Gasteiger partial charge in [0.25, 0.3) is 0 Å². The highest BCUT2D eigenvalue weighted by molar-refractivity contribution is 5.86. The van der Waals surface area contributed by atoms with Crippen LogP contribution >= 0.6 is 0 Å². The van der Waals surface area contributed by atoms with E-state index in [1.54, 1.807) is 0 Å². The molecule has 0 amide bonds. The van der Waals surface area contributed by atoms with Gasteiger partial charge in [0, 0.05) is 22.1 Å². The fourth-order valence-corrected chi connectivity index (χ4v) is 7.68. The molecule has 0 fully saturated rings. The molecule has 250 valence electrons. The lowest BCUT2D eigenvalue weighted by molar-refractivity contribution is 0.660. The van der Waals surface area contributed by atoms with Crippen LogP contribution in [-0.2, 0) is 5.41 Å². The Morgan fingerprint density at radius 2 is 0.868 bits per heavy atom. The maximum atomic E-state index is 9.65. The molecule has 9 rings (SSSR count). The van der Waals surface area contributed by atoms with Crippen molar-refractivity contribution in [1.29, 1.82) is 5.26 Å². The Hall–Kier alpha value is -6.89. The van der Waals surface area contributed by atoms with Gasteiger partial charge >= 0.3 is 0 Å². The number of aromatic nitrogens is 2. The number of hydrogen-bond acceptors (Lipinski definition) is 3. The summed E-state index contributed by atoms with van der Waals surface area (Å²) in [6.07, 6.45) is 0. The van der Waals surface area contributed by atoms with Crippen molar-refractivity contribution in [3.8, 4) is 84.5 Å². The summed E-state index contributed by atoms with van der Waals surface area (Å²) in [4.78, 5) is 10.5. The van der Waals surface area contributed by atoms with Crippen LogP contribution in [0.5, 0.6) is 0 Å². The molecule has 3 heteroatoms. The maximum absolute atomic E-state index is 9.65. The van der Waals surface area contributed by atoms with Crippen molar-refractivity contribution in [1.82, 2.24) is 9.97 Å². The Labute approximate surface area is 310 Å². The van der Waals surface area contributed by atoms with Gasteiger partial charge in [0.15, 0.2) is 5.82 Å². The Balaban J connectivity index is 1.22. The number of fused-ring (bicyclic) bond motifs is 3. The van der Waals surface area contributed by atoms with E-state index >= 15 is 0 Å². The highest BCUT2D eigenvalue weighted by atomic mass is 14.9. The van der Waals surface area contributed by atoms with Gasteiger partial charge in [-0.3, -0.25) is 0 Å². The third-order valence-electron chi connectivity index (χ3n) is 10.5. The lowest BCUT2D eigenvalue weighted by atomic mass is 9.81. The summed E-state index contributed by atoms with van der Waals surface area (Å²) >= 11 is 0. The van der Waals surface area contributed by atoms with Crippen molar-refractivity contribution in [2.45, 2.75) is 19.3 Å². The zero-order valence-corrected chi connectivity index (χ0v) is 29.6. The fraction of sp³-hybridized carbons (Fsp3) is 0.0600. The van der Waals surface area contributed by atoms with Gasteiger partial charge in [-0.25, -0.2) is 9.97 Å². The highest BCUT2D eigenvalue weighted by Crippen LogP contribution is 2.50. The van der Waals surface area contributed by atoms with E-state index in [1.165, 1.54) is 27.8 Å². The third kappa shape index (κ3) is 5.91. The molecule has 1 aromatic heterocycles. The molecule has 0 bridgehead atoms. The maximum Gasteiger partial charge on any atom is 0.160 e. The van der Waals surface area contributed by atoms with E-state index in [1.807, 2.05) is 24.3 Å². The largest absolute Gasteiger partial charge is 0.228 e. The molecule has 0 saturated heterocycles. The Morgan fingerprint density at radius 3 is 1.53 bits per heavy atom. The lowest BCUT2D eigenvalue weighted by Crippen LogP contribution is -2.15. The van der Waals surface area contributed by atoms with Crippen molar-refractivity contribution in [3.05, 3.63) is 193 Å². The molecule has 0 radical (unpaired) electrons. The average molecular weight is 678 g/mol. The van der Waals surface area contributed by atoms with Crippen LogP contribution in [0.2, 0.25) is 0 Å². The molecular weight excluding hydrogens is 643 g/mol. The van der Waals surface area contributed by atoms with Gasteiger partial charge in [-0.2, -0.15) is 5.26 Å². The van der Waals surface area contributed by atoms with Gasteiger partial charge in [-0.1, -0.05) is 141 Å². The first-order valence-electron chi connectivity index (χ1n) is 18.0. The normalized spacial score (nSPS) is 12.5. The van der Waals surface area contributed by atoms with Gasteiger partial charge in [-0.05, 0) is 104 Å². The summed E-state index contributed by atoms with van der Waals surface area (Å²) in [5.41, 5.74) is 16.8. The standard InChI is InChI=1S/C50H35N3/c1-50(2)45-25-33(32-51)21-23-43(45)44-24-22-38(30-46(44)50)41-27-40(35-15-8-4-9-16-35)28-42(29-41)49-52-47(36-17-10-5-11-18-36)31-48(53-49)39-20-12-19-37(26-39)34-13-6-3-7-14-34/h3-31H,1-2H3. The van der Waals surface area contributed by atoms with Crippen LogP contribution in [0, 0.1) is 11.3 Å². The van der Waals surface area contributed by atoms with Crippen LogP contribution in [0.15, 0.2) is 176 Å². The van der Waals surface area contributed by atoms with Gasteiger partial charge in [0.1, 0.15) is 0 Å². The average Bonchev–Trinajstić information content (AvgIpc) is 3.46. The van der Waals surface area contributed by atoms with Crippen LogP contribution in [0.25, 0.3) is 78.4 Å². The van der Waals surface area contributed by atoms with E-state index in [4.69, 9.17) is 9.97 Å². The van der Waals surface area contributed by atoms with Gasteiger partial charge in [0.2, 0.25) is 0 Å². The minimum Gasteiger partial charge on any atom is -0.228 e. The predicted molar refractivity (Wildman–Crippen MR) is 217 cm³/mol. The van der Waals surface area contributed by atoms with Crippen LogP contribution < -0.4 is 0 Å². The molecule has 0 unspecified atom stereocenters. The van der Waals surface area contributed by atoms with E-state index in [0.717, 1.165) is 55.9 Å². The molecule has 3 nitrogen and oxygen atoms in total. The van der Waals surface area contributed by atoms with Crippen molar-refractivity contribution in [3.63, 3.8) is 0 Å². The van der Waals surface area contributed by atoms with Crippen molar-refractivity contribution in [2.75, 3.05) is 0 Å². The van der Waals surface area contributed by atoms with E-state index in [0.29, 0.717) is 11.4 Å². The van der Waals surface area contributed by atoms with E-state index in [2.05, 4.69) is 172 Å². The summed E-state index contributed by atoms with van der Waals surface area (Å²) in [7, 11) is 0. The molecule has 0 spiro atoms. The minimum atomic E-state index is -0.246. The summed E-state index contributed by atoms with van der Waals surface area (Å²) in [5, 5.41) is 9.65. The van der Waals surface area contributed by atoms with Crippen LogP contribution in [0.3, 0.4) is 0 Å². The van der Waals surface area contributed by atoms with Gasteiger partial charge < -0.3 is 0 Å². The number of benzene rings is 7. The van der Waals surface area contributed by atoms with E-state index in [9.17, 15) is 5.26 Å². The molecule has 0 aliphatic heterocycles. The zero-order valence-electron chi connectivity index (χ0n) is 29.6. The first kappa shape index (κ1) is 32.0. The van der Waals surface area contributed by atoms with E-state index < -0.39 is 0 Å². The Kier molecular flexibility index (Phi) is 7.87. The minimum absolute atomic E-state index is 0.246. The summed E-state index contributed by atoms with van der Waals surface area (Å²) in [5.74, 6) is 0.670. The number of rotatable bonds is 6. The van der Waals surface area contributed by atoms with Gasteiger partial charge in [-0.15, -0.1) is 0 Å². The van der Waals surface area contributed by atoms with Crippen LogP contribution in [0.4, 0.5) is 0 Å². The molecule has 1 aliphatic rings. The van der Waals surface area contributed by atoms with Crippen LogP contribution in [0.1, 0.15) is 30.5 Å². The lowest BCUT2D eigenvalue weighted by Gasteiger charge is -2.22. The first-order valence-corrected chi connectivity index (χ1v) is 18.0. The van der Waals surface area contributed by atoms with Gasteiger partial charge in [0.05, 0.1) is 23.0 Å². The molecule has 1 aliphatic carbocycles. The van der Waals surface area contributed by atoms with E-state index in [-0.39, 0.29) is 5.41 Å². The second kappa shape index (κ2) is 13.0. The second-order valence-electron chi connectivity index (χ2n) is 14.2. The zero-order chi connectivity index (χ0) is 35.9. The number of nitrogens with zero attached hydrogens (tertiary/aromatic N) is 3. The molecule has 0 N–H and O–H groups in total. The smallest absolute Gasteiger partial charge is 0.160 e. The van der Waals surface area contributed by atoms with Crippen molar-refractivity contribution < 1.29 is 0 Å². The van der Waals surface area contributed by atoms with Crippen LogP contribution in [-0.4, -0.2) is 9.97 Å². The Bertz CT molecular complexity index is 2690. The Morgan fingerprint density at radius 1 is 0.396 bits per heavy atom. The molecule has 53 heavy (non-hydrogen) atoms. The fourth-order valence-electron chi connectivity index (χ4n) is 7.68.